The van der Waals surface area contributed by atoms with E-state index < -0.39 is 0 Å². The molecule has 2 aliphatic carbocycles. The number of allylic oxidation sites excluding steroid dienone is 2. The third kappa shape index (κ3) is 1.96. The largest absolute Gasteiger partial charge is 0.330 e. The topological polar surface area (TPSA) is 37.4 Å². The van der Waals surface area contributed by atoms with Crippen molar-refractivity contribution >= 4 is 11.7 Å². The summed E-state index contributed by atoms with van der Waals surface area (Å²) in [5.74, 6) is 0.186. The molecule has 102 valence electrons. The van der Waals surface area contributed by atoms with Gasteiger partial charge in [-0.1, -0.05) is 19.9 Å². The fraction of sp³-hybridized carbons (Fsp3) is 0.625. The minimum Gasteiger partial charge on any atom is -0.330 e. The van der Waals surface area contributed by atoms with E-state index in [1.807, 2.05) is 0 Å². The predicted molar refractivity (Wildman–Crippen MR) is 73.5 cm³/mol. The summed E-state index contributed by atoms with van der Waals surface area (Å²) in [6, 6.07) is 0.383. The van der Waals surface area contributed by atoms with Gasteiger partial charge in [0.05, 0.1) is 0 Å². The van der Waals surface area contributed by atoms with Crippen molar-refractivity contribution in [2.75, 3.05) is 0 Å². The van der Waals surface area contributed by atoms with Crippen molar-refractivity contribution in [3.63, 3.8) is 0 Å². The van der Waals surface area contributed by atoms with Gasteiger partial charge in [-0.15, -0.1) is 0 Å². The standard InChI is InChI=1S/C16H21NO2/c1-15(2)8-12-9-16(3,10-15)17(12)14(19)11-4-6-13(18)7-5-11/h4-6,12H,7-10H2,1-3H3/t12-,16-/m1/s1. The SMILES string of the molecule is CC1(C)C[C@@H]2C[C@](C)(C1)N2C(=O)C1=CCC(=O)C=C1. The van der Waals surface area contributed by atoms with Gasteiger partial charge in [0.25, 0.3) is 5.91 Å². The Morgan fingerprint density at radius 2 is 2.00 bits per heavy atom. The highest BCUT2D eigenvalue weighted by Gasteiger charge is 2.58. The van der Waals surface area contributed by atoms with E-state index >= 15 is 0 Å². The second kappa shape index (κ2) is 3.81. The fourth-order valence-electron chi connectivity index (χ4n) is 4.33. The maximum absolute atomic E-state index is 12.6. The van der Waals surface area contributed by atoms with Crippen LogP contribution in [0.3, 0.4) is 0 Å². The Bertz CT molecular complexity index is 515. The monoisotopic (exact) mass is 259 g/mol. The van der Waals surface area contributed by atoms with Crippen LogP contribution >= 0.6 is 0 Å². The lowest BCUT2D eigenvalue weighted by molar-refractivity contribution is -0.171. The smallest absolute Gasteiger partial charge is 0.254 e. The highest BCUT2D eigenvalue weighted by atomic mass is 16.2. The minimum atomic E-state index is 0.0135. The van der Waals surface area contributed by atoms with E-state index in [-0.39, 0.29) is 17.2 Å². The number of nitrogens with zero attached hydrogens (tertiary/aromatic N) is 1. The number of ketones is 1. The quantitative estimate of drug-likeness (QED) is 0.726. The molecule has 0 aromatic rings. The third-order valence-electron chi connectivity index (χ3n) is 4.71. The number of hydrogen-bond acceptors (Lipinski definition) is 2. The molecule has 3 heteroatoms. The van der Waals surface area contributed by atoms with Gasteiger partial charge >= 0.3 is 0 Å². The lowest BCUT2D eigenvalue weighted by Crippen LogP contribution is -2.71. The molecule has 19 heavy (non-hydrogen) atoms. The molecule has 2 aliphatic heterocycles. The summed E-state index contributed by atoms with van der Waals surface area (Å²) in [6.07, 6.45) is 8.61. The fourth-order valence-corrected chi connectivity index (χ4v) is 4.33. The van der Waals surface area contributed by atoms with Gasteiger partial charge in [-0.25, -0.2) is 0 Å². The number of fused-ring (bicyclic) bond motifs is 2. The van der Waals surface area contributed by atoms with Crippen molar-refractivity contribution in [1.29, 1.82) is 0 Å². The van der Waals surface area contributed by atoms with E-state index in [1.54, 1.807) is 12.2 Å². The number of rotatable bonds is 1. The molecule has 0 spiro atoms. The third-order valence-corrected chi connectivity index (χ3v) is 4.71. The second-order valence-corrected chi connectivity index (χ2v) is 7.24. The van der Waals surface area contributed by atoms with E-state index in [0.717, 1.165) is 19.3 Å². The summed E-state index contributed by atoms with van der Waals surface area (Å²) in [7, 11) is 0. The van der Waals surface area contributed by atoms with Crippen LogP contribution in [0.1, 0.15) is 46.5 Å². The van der Waals surface area contributed by atoms with Crippen LogP contribution in [0.4, 0.5) is 0 Å². The highest BCUT2D eigenvalue weighted by molar-refractivity contribution is 6.03. The molecule has 4 rings (SSSR count). The Hall–Kier alpha value is -1.38. The van der Waals surface area contributed by atoms with Crippen molar-refractivity contribution in [2.24, 2.45) is 5.41 Å². The summed E-state index contributed by atoms with van der Waals surface area (Å²) in [5.41, 5.74) is 1.04. The molecule has 0 aromatic heterocycles. The van der Waals surface area contributed by atoms with E-state index in [4.69, 9.17) is 0 Å². The molecule has 3 fully saturated rings. The molecule has 2 saturated heterocycles. The summed E-state index contributed by atoms with van der Waals surface area (Å²) in [4.78, 5) is 25.8. The maximum Gasteiger partial charge on any atom is 0.254 e. The normalized spacial score (nSPS) is 35.7. The molecule has 0 unspecified atom stereocenters. The van der Waals surface area contributed by atoms with Gasteiger partial charge in [-0.3, -0.25) is 9.59 Å². The van der Waals surface area contributed by atoms with Crippen LogP contribution in [-0.4, -0.2) is 28.2 Å². The van der Waals surface area contributed by atoms with Crippen molar-refractivity contribution < 1.29 is 9.59 Å². The molecular weight excluding hydrogens is 238 g/mol. The minimum absolute atomic E-state index is 0.0135. The molecule has 1 amide bonds. The van der Waals surface area contributed by atoms with E-state index in [1.165, 1.54) is 6.08 Å². The maximum atomic E-state index is 12.6. The van der Waals surface area contributed by atoms with Crippen molar-refractivity contribution in [1.82, 2.24) is 4.90 Å². The number of carbonyl (C=O) groups excluding carboxylic acids is 2. The van der Waals surface area contributed by atoms with Crippen LogP contribution in [0, 0.1) is 5.41 Å². The first-order valence-corrected chi connectivity index (χ1v) is 7.06. The van der Waals surface area contributed by atoms with Crippen molar-refractivity contribution in [3.8, 4) is 0 Å². The van der Waals surface area contributed by atoms with Crippen LogP contribution < -0.4 is 0 Å². The Morgan fingerprint density at radius 3 is 2.58 bits per heavy atom. The lowest BCUT2D eigenvalue weighted by atomic mass is 9.59. The summed E-state index contributed by atoms with van der Waals surface area (Å²) in [5, 5.41) is 0. The lowest BCUT2D eigenvalue weighted by Gasteiger charge is -2.65. The summed E-state index contributed by atoms with van der Waals surface area (Å²) >= 11 is 0. The molecule has 2 heterocycles. The Balaban J connectivity index is 1.80. The molecule has 0 aromatic carbocycles. The van der Waals surface area contributed by atoms with E-state index in [0.29, 0.717) is 23.5 Å². The van der Waals surface area contributed by atoms with Gasteiger partial charge in [0.1, 0.15) is 0 Å². The average molecular weight is 259 g/mol. The molecular formula is C16H21NO2. The first-order valence-electron chi connectivity index (χ1n) is 7.06. The van der Waals surface area contributed by atoms with Crippen molar-refractivity contribution in [2.45, 2.75) is 58.0 Å². The molecule has 2 bridgehead atoms. The zero-order valence-electron chi connectivity index (χ0n) is 11.9. The van der Waals surface area contributed by atoms with Gasteiger partial charge in [-0.2, -0.15) is 0 Å². The average Bonchev–Trinajstić information content (AvgIpc) is 2.26. The van der Waals surface area contributed by atoms with Gasteiger partial charge in [0, 0.05) is 23.6 Å². The first-order chi connectivity index (χ1) is 8.81. The van der Waals surface area contributed by atoms with Crippen LogP contribution in [0.5, 0.6) is 0 Å². The molecule has 0 N–H and O–H groups in total. The highest BCUT2D eigenvalue weighted by Crippen LogP contribution is 2.54. The zero-order valence-corrected chi connectivity index (χ0v) is 11.9. The van der Waals surface area contributed by atoms with Crippen LogP contribution in [0.25, 0.3) is 0 Å². The van der Waals surface area contributed by atoms with Gasteiger partial charge < -0.3 is 4.90 Å². The number of amides is 1. The van der Waals surface area contributed by atoms with Crippen molar-refractivity contribution in [3.05, 3.63) is 23.8 Å². The van der Waals surface area contributed by atoms with Crippen LogP contribution in [0.2, 0.25) is 0 Å². The van der Waals surface area contributed by atoms with E-state index in [9.17, 15) is 9.59 Å². The van der Waals surface area contributed by atoms with Crippen LogP contribution in [0.15, 0.2) is 23.8 Å². The molecule has 1 saturated carbocycles. The number of piperidine rings is 1. The Kier molecular flexibility index (Phi) is 2.54. The summed E-state index contributed by atoms with van der Waals surface area (Å²) in [6.45, 7) is 6.77. The molecule has 0 radical (unpaired) electrons. The Morgan fingerprint density at radius 1 is 1.26 bits per heavy atom. The number of hydrogen-bond donors (Lipinski definition) is 0. The second-order valence-electron chi connectivity index (χ2n) is 7.24. The van der Waals surface area contributed by atoms with Gasteiger partial charge in [-0.05, 0) is 43.8 Å². The van der Waals surface area contributed by atoms with Crippen LogP contribution in [-0.2, 0) is 9.59 Å². The zero-order chi connectivity index (χ0) is 13.8. The molecule has 3 nitrogen and oxygen atoms in total. The molecule has 2 atom stereocenters. The van der Waals surface area contributed by atoms with Gasteiger partial charge in [0.2, 0.25) is 0 Å². The first kappa shape index (κ1) is 12.6. The predicted octanol–water partition coefficient (Wildman–Crippen LogP) is 2.62. The van der Waals surface area contributed by atoms with E-state index in [2.05, 4.69) is 25.7 Å². The number of carbonyl (C=O) groups is 2. The summed E-state index contributed by atoms with van der Waals surface area (Å²) < 4.78 is 0. The molecule has 4 aliphatic rings. The van der Waals surface area contributed by atoms with Gasteiger partial charge in [0.15, 0.2) is 5.78 Å². The Labute approximate surface area is 114 Å².